The highest BCUT2D eigenvalue weighted by Gasteiger charge is 2.37. The molecule has 0 bridgehead atoms. The number of rotatable bonds is 2. The number of thiocarbonyl (C=S) groups is 1. The van der Waals surface area contributed by atoms with Gasteiger partial charge in [-0.15, -0.1) is 5.10 Å². The number of hydrogen-bond acceptors (Lipinski definition) is 3. The van der Waals surface area contributed by atoms with Crippen LogP contribution in [0.15, 0.2) is 6.07 Å². The van der Waals surface area contributed by atoms with Gasteiger partial charge in [-0.2, -0.15) is 13.2 Å². The smallest absolute Gasteiger partial charge is 0.389 e. The monoisotopic (exact) mass is 390 g/mol. The van der Waals surface area contributed by atoms with Crippen LogP contribution in [0.4, 0.5) is 13.2 Å². The normalized spacial score (nSPS) is 11.1. The molecule has 1 heterocycles. The molecule has 0 aliphatic heterocycles. The minimum absolute atomic E-state index is 0.0361. The lowest BCUT2D eigenvalue weighted by Gasteiger charge is -2.15. The molecule has 25 heavy (non-hydrogen) atoms. The van der Waals surface area contributed by atoms with Crippen LogP contribution in [0.1, 0.15) is 41.9 Å². The molecular weight excluding hydrogens is 369 g/mol. The van der Waals surface area contributed by atoms with Crippen molar-refractivity contribution in [1.29, 1.82) is 0 Å². The second-order valence-electron chi connectivity index (χ2n) is 5.28. The predicted molar refractivity (Wildman–Crippen MR) is 99.8 cm³/mol. The van der Waals surface area contributed by atoms with Gasteiger partial charge in [-0.25, -0.2) is 4.68 Å². The fourth-order valence-electron chi connectivity index (χ4n) is 2.48. The SMILES string of the molecule is CC.Cc1cc(C(N)=S)c(C)c(C)c1-n1nc(C(F)(F)F)n(C)c1=S. The lowest BCUT2D eigenvalue weighted by Crippen LogP contribution is -2.15. The van der Waals surface area contributed by atoms with Gasteiger partial charge in [0.05, 0.1) is 5.69 Å². The molecule has 0 aliphatic rings. The molecule has 0 aliphatic carbocycles. The molecule has 0 amide bonds. The minimum atomic E-state index is -4.58. The maximum atomic E-state index is 13.0. The van der Waals surface area contributed by atoms with E-state index in [4.69, 9.17) is 30.2 Å². The Hall–Kier alpha value is -1.74. The summed E-state index contributed by atoms with van der Waals surface area (Å²) >= 11 is 10.1. The van der Waals surface area contributed by atoms with Gasteiger partial charge in [0, 0.05) is 12.6 Å². The molecule has 0 radical (unpaired) electrons. The molecule has 1 aromatic heterocycles. The number of alkyl halides is 3. The van der Waals surface area contributed by atoms with E-state index in [-0.39, 0.29) is 9.76 Å². The van der Waals surface area contributed by atoms with Crippen LogP contribution in [0, 0.1) is 25.5 Å². The van der Waals surface area contributed by atoms with E-state index in [1.54, 1.807) is 19.9 Å². The highest BCUT2D eigenvalue weighted by Crippen LogP contribution is 2.30. The number of halogens is 3. The summed E-state index contributed by atoms with van der Waals surface area (Å²) < 4.78 is 41.0. The number of benzene rings is 1. The van der Waals surface area contributed by atoms with E-state index < -0.39 is 12.0 Å². The minimum Gasteiger partial charge on any atom is -0.389 e. The molecule has 0 saturated heterocycles. The van der Waals surface area contributed by atoms with Crippen molar-refractivity contribution in [3.8, 4) is 5.69 Å². The highest BCUT2D eigenvalue weighted by molar-refractivity contribution is 7.80. The van der Waals surface area contributed by atoms with E-state index in [1.807, 2.05) is 20.8 Å². The van der Waals surface area contributed by atoms with Crippen molar-refractivity contribution in [2.75, 3.05) is 0 Å². The molecule has 138 valence electrons. The summed E-state index contributed by atoms with van der Waals surface area (Å²) in [6.45, 7) is 9.35. The Morgan fingerprint density at radius 1 is 1.16 bits per heavy atom. The predicted octanol–water partition coefficient (Wildman–Crippen LogP) is 4.54. The molecule has 0 unspecified atom stereocenters. The van der Waals surface area contributed by atoms with Gasteiger partial charge < -0.3 is 5.73 Å². The van der Waals surface area contributed by atoms with Crippen LogP contribution in [-0.2, 0) is 13.2 Å². The first-order valence-electron chi connectivity index (χ1n) is 7.61. The fourth-order valence-corrected chi connectivity index (χ4v) is 2.91. The van der Waals surface area contributed by atoms with Crippen LogP contribution in [0.5, 0.6) is 0 Å². The van der Waals surface area contributed by atoms with Crippen LogP contribution in [-0.4, -0.2) is 19.3 Å². The summed E-state index contributed by atoms with van der Waals surface area (Å²) in [5.74, 6) is -1.04. The van der Waals surface area contributed by atoms with Crippen molar-refractivity contribution in [2.45, 2.75) is 40.8 Å². The maximum absolute atomic E-state index is 13.0. The fraction of sp³-hybridized carbons (Fsp3) is 0.438. The second kappa shape index (κ2) is 7.65. The number of aryl methyl sites for hydroxylation is 1. The summed E-state index contributed by atoms with van der Waals surface area (Å²) in [5.41, 5.74) is 9.11. The third-order valence-electron chi connectivity index (χ3n) is 3.77. The Kier molecular flexibility index (Phi) is 6.52. The molecule has 0 saturated carbocycles. The van der Waals surface area contributed by atoms with Gasteiger partial charge in [0.2, 0.25) is 10.6 Å². The van der Waals surface area contributed by atoms with Gasteiger partial charge in [-0.05, 0) is 55.7 Å². The van der Waals surface area contributed by atoms with Gasteiger partial charge in [0.25, 0.3) is 0 Å². The van der Waals surface area contributed by atoms with E-state index in [1.165, 1.54) is 7.05 Å². The van der Waals surface area contributed by atoms with Crippen LogP contribution in [0.2, 0.25) is 0 Å². The molecule has 0 atom stereocenters. The number of nitrogens with zero attached hydrogens (tertiary/aromatic N) is 3. The van der Waals surface area contributed by atoms with E-state index >= 15 is 0 Å². The second-order valence-corrected chi connectivity index (χ2v) is 6.08. The Balaban J connectivity index is 0.00000151. The summed E-state index contributed by atoms with van der Waals surface area (Å²) in [6, 6.07) is 1.74. The van der Waals surface area contributed by atoms with Crippen molar-refractivity contribution in [2.24, 2.45) is 12.8 Å². The highest BCUT2D eigenvalue weighted by atomic mass is 32.1. The number of nitrogens with two attached hydrogens (primary N) is 1. The van der Waals surface area contributed by atoms with Gasteiger partial charge in [-0.3, -0.25) is 4.57 Å². The Bertz CT molecular complexity index is 864. The van der Waals surface area contributed by atoms with E-state index in [0.717, 1.165) is 20.4 Å². The third kappa shape index (κ3) is 3.92. The largest absolute Gasteiger partial charge is 0.451 e. The van der Waals surface area contributed by atoms with Gasteiger partial charge in [0.15, 0.2) is 0 Å². The lowest BCUT2D eigenvalue weighted by atomic mass is 9.97. The zero-order valence-corrected chi connectivity index (χ0v) is 16.6. The Labute approximate surface area is 155 Å². The van der Waals surface area contributed by atoms with Crippen LogP contribution >= 0.6 is 24.4 Å². The first-order valence-corrected chi connectivity index (χ1v) is 8.42. The molecule has 4 nitrogen and oxygen atoms in total. The van der Waals surface area contributed by atoms with Crippen molar-refractivity contribution in [3.05, 3.63) is 38.9 Å². The van der Waals surface area contributed by atoms with Gasteiger partial charge in [-0.1, -0.05) is 26.1 Å². The molecule has 0 spiro atoms. The molecule has 2 N–H and O–H groups in total. The number of hydrogen-bond donors (Lipinski definition) is 1. The van der Waals surface area contributed by atoms with Crippen LogP contribution in [0.25, 0.3) is 5.69 Å². The standard InChI is InChI=1S/C14H15F3N4S2.C2H6/c1-6-5-9(11(18)22)7(2)8(3)10(6)21-13(23)20(4)12(19-21)14(15,16)17;1-2/h5H,1-4H3,(H2,18,22);1-2H3. The lowest BCUT2D eigenvalue weighted by molar-refractivity contribution is -0.147. The molecule has 0 fully saturated rings. The summed E-state index contributed by atoms with van der Waals surface area (Å²) in [6.07, 6.45) is -4.58. The summed E-state index contributed by atoms with van der Waals surface area (Å²) in [5, 5.41) is 3.67. The molecule has 9 heteroatoms. The first kappa shape index (κ1) is 21.3. The van der Waals surface area contributed by atoms with E-state index in [0.29, 0.717) is 16.8 Å². The van der Waals surface area contributed by atoms with Gasteiger partial charge in [0.1, 0.15) is 4.99 Å². The summed E-state index contributed by atoms with van der Waals surface area (Å²) in [7, 11) is 1.25. The van der Waals surface area contributed by atoms with Gasteiger partial charge >= 0.3 is 6.18 Å². The van der Waals surface area contributed by atoms with Crippen molar-refractivity contribution in [3.63, 3.8) is 0 Å². The average Bonchev–Trinajstić information content (AvgIpc) is 2.81. The zero-order chi connectivity index (χ0) is 19.7. The maximum Gasteiger partial charge on any atom is 0.451 e. The first-order chi connectivity index (χ1) is 11.5. The topological polar surface area (TPSA) is 48.8 Å². The zero-order valence-electron chi connectivity index (χ0n) is 14.9. The number of aromatic nitrogens is 3. The van der Waals surface area contributed by atoms with Crippen LogP contribution < -0.4 is 5.73 Å². The average molecular weight is 390 g/mol. The van der Waals surface area contributed by atoms with Crippen LogP contribution in [0.3, 0.4) is 0 Å². The third-order valence-corrected chi connectivity index (χ3v) is 4.43. The molecule has 1 aromatic carbocycles. The quantitative estimate of drug-likeness (QED) is 0.765. The Morgan fingerprint density at radius 3 is 2.08 bits per heavy atom. The van der Waals surface area contributed by atoms with E-state index in [9.17, 15) is 13.2 Å². The Morgan fingerprint density at radius 2 is 1.68 bits per heavy atom. The van der Waals surface area contributed by atoms with E-state index in [2.05, 4.69) is 5.10 Å². The van der Waals surface area contributed by atoms with Crippen molar-refractivity contribution in [1.82, 2.24) is 14.3 Å². The molecule has 2 aromatic rings. The van der Waals surface area contributed by atoms with Crippen molar-refractivity contribution < 1.29 is 13.2 Å². The molecule has 2 rings (SSSR count). The molecular formula is C16H21F3N4S2. The van der Waals surface area contributed by atoms with Crippen molar-refractivity contribution >= 4 is 29.4 Å². The summed E-state index contributed by atoms with van der Waals surface area (Å²) in [4.78, 5) is 0.237.